The van der Waals surface area contributed by atoms with Crippen molar-refractivity contribution in [2.45, 2.75) is 39.4 Å². The van der Waals surface area contributed by atoms with Crippen LogP contribution in [-0.2, 0) is 0 Å². The molecule has 130 valence electrons. The van der Waals surface area contributed by atoms with Crippen molar-refractivity contribution >= 4 is 17.5 Å². The van der Waals surface area contributed by atoms with Crippen LogP contribution in [0.3, 0.4) is 0 Å². The molecule has 0 bridgehead atoms. The number of amides is 1. The zero-order valence-electron chi connectivity index (χ0n) is 13.4. The van der Waals surface area contributed by atoms with E-state index in [1.165, 1.54) is 12.3 Å². The minimum atomic E-state index is -4.48. The molecule has 8 heteroatoms. The summed E-state index contributed by atoms with van der Waals surface area (Å²) in [5, 5.41) is -0.134. The minimum Gasteiger partial charge on any atom is -0.467 e. The van der Waals surface area contributed by atoms with E-state index in [1.54, 1.807) is 11.9 Å². The molecule has 0 N–H and O–H groups in total. The Morgan fingerprint density at radius 3 is 2.48 bits per heavy atom. The van der Waals surface area contributed by atoms with Crippen LogP contribution in [0.25, 0.3) is 0 Å². The molecule has 0 aliphatic carbocycles. The molecule has 1 atom stereocenters. The van der Waals surface area contributed by atoms with E-state index in [2.05, 4.69) is 23.6 Å². The fourth-order valence-electron chi connectivity index (χ4n) is 2.04. The van der Waals surface area contributed by atoms with Crippen LogP contribution in [0.15, 0.2) is 12.3 Å². The highest BCUT2D eigenvalue weighted by atomic mass is 35.5. The number of carbonyl (C=O) groups is 1. The number of rotatable bonds is 6. The molecule has 1 amide bonds. The lowest BCUT2D eigenvalue weighted by molar-refractivity contribution is -0.154. The maximum atomic E-state index is 12.4. The van der Waals surface area contributed by atoms with E-state index >= 15 is 0 Å². The molecule has 0 fully saturated rings. The average Bonchev–Trinajstić information content (AvgIpc) is 2.42. The first-order chi connectivity index (χ1) is 10.5. The van der Waals surface area contributed by atoms with E-state index in [4.69, 9.17) is 11.6 Å². The lowest BCUT2D eigenvalue weighted by Crippen LogP contribution is -2.36. The van der Waals surface area contributed by atoms with Gasteiger partial charge in [-0.3, -0.25) is 4.79 Å². The van der Waals surface area contributed by atoms with Crippen LogP contribution in [-0.4, -0.2) is 41.7 Å². The van der Waals surface area contributed by atoms with Crippen molar-refractivity contribution in [1.29, 1.82) is 0 Å². The van der Waals surface area contributed by atoms with E-state index in [-0.39, 0.29) is 28.4 Å². The number of nitrogens with zero attached hydrogens (tertiary/aromatic N) is 2. The van der Waals surface area contributed by atoms with Crippen molar-refractivity contribution in [1.82, 2.24) is 9.88 Å². The van der Waals surface area contributed by atoms with Crippen LogP contribution in [0.5, 0.6) is 5.88 Å². The van der Waals surface area contributed by atoms with Gasteiger partial charge in [-0.2, -0.15) is 13.2 Å². The third-order valence-corrected chi connectivity index (χ3v) is 3.49. The van der Waals surface area contributed by atoms with Crippen molar-refractivity contribution in [3.63, 3.8) is 0 Å². The van der Waals surface area contributed by atoms with Gasteiger partial charge in [-0.25, -0.2) is 4.98 Å². The van der Waals surface area contributed by atoms with Gasteiger partial charge in [0.15, 0.2) is 6.61 Å². The van der Waals surface area contributed by atoms with Crippen LogP contribution >= 0.6 is 11.6 Å². The molecule has 1 aromatic rings. The average molecular weight is 353 g/mol. The third kappa shape index (κ3) is 6.25. The summed E-state index contributed by atoms with van der Waals surface area (Å²) in [5.41, 5.74) is 0.201. The molecule has 0 aliphatic heterocycles. The summed E-state index contributed by atoms with van der Waals surface area (Å²) in [6.45, 7) is 4.55. The Morgan fingerprint density at radius 2 is 2.00 bits per heavy atom. The van der Waals surface area contributed by atoms with Crippen LogP contribution in [0.2, 0.25) is 5.02 Å². The third-order valence-electron chi connectivity index (χ3n) is 3.22. The fourth-order valence-corrected chi connectivity index (χ4v) is 2.26. The molecule has 1 rings (SSSR count). The molecule has 0 saturated heterocycles. The molecule has 0 spiro atoms. The summed E-state index contributed by atoms with van der Waals surface area (Å²) in [7, 11) is 1.66. The van der Waals surface area contributed by atoms with Gasteiger partial charge in [0.25, 0.3) is 5.91 Å². The SMILES string of the molecule is CC(C)CC(C)N(C)C(=O)c1cnc(OCC(F)(F)F)c(Cl)c1. The topological polar surface area (TPSA) is 42.4 Å². The minimum absolute atomic E-state index is 0.0161. The highest BCUT2D eigenvalue weighted by molar-refractivity contribution is 6.32. The first kappa shape index (κ1) is 19.5. The number of halogens is 4. The van der Waals surface area contributed by atoms with Gasteiger partial charge < -0.3 is 9.64 Å². The summed E-state index contributed by atoms with van der Waals surface area (Å²) >= 11 is 5.85. The lowest BCUT2D eigenvalue weighted by Gasteiger charge is -2.26. The summed E-state index contributed by atoms with van der Waals surface area (Å²) in [6, 6.07) is 1.28. The number of pyridine rings is 1. The Balaban J connectivity index is 2.81. The van der Waals surface area contributed by atoms with Crippen molar-refractivity contribution in [2.75, 3.05) is 13.7 Å². The summed E-state index contributed by atoms with van der Waals surface area (Å²) in [4.78, 5) is 17.6. The smallest absolute Gasteiger partial charge is 0.422 e. The van der Waals surface area contributed by atoms with Crippen molar-refractivity contribution in [2.24, 2.45) is 5.92 Å². The Morgan fingerprint density at radius 1 is 1.39 bits per heavy atom. The van der Waals surface area contributed by atoms with Crippen molar-refractivity contribution < 1.29 is 22.7 Å². The lowest BCUT2D eigenvalue weighted by atomic mass is 10.0. The highest BCUT2D eigenvalue weighted by Gasteiger charge is 2.29. The molecule has 23 heavy (non-hydrogen) atoms. The highest BCUT2D eigenvalue weighted by Crippen LogP contribution is 2.25. The number of alkyl halides is 3. The molecule has 0 aliphatic rings. The number of hydrogen-bond acceptors (Lipinski definition) is 3. The number of hydrogen-bond donors (Lipinski definition) is 0. The maximum absolute atomic E-state index is 12.4. The molecule has 4 nitrogen and oxygen atoms in total. The molecular formula is C15H20ClF3N2O2. The van der Waals surface area contributed by atoms with Crippen LogP contribution in [0.4, 0.5) is 13.2 Å². The first-order valence-corrected chi connectivity index (χ1v) is 7.51. The van der Waals surface area contributed by atoms with Crippen LogP contribution < -0.4 is 4.74 Å². The number of aromatic nitrogens is 1. The van der Waals surface area contributed by atoms with Gasteiger partial charge in [-0.05, 0) is 25.3 Å². The van der Waals surface area contributed by atoms with E-state index in [1.807, 2.05) is 6.92 Å². The summed E-state index contributed by atoms with van der Waals surface area (Å²) < 4.78 is 40.9. The second-order valence-electron chi connectivity index (χ2n) is 5.81. The molecule has 0 aromatic carbocycles. The van der Waals surface area contributed by atoms with E-state index in [9.17, 15) is 18.0 Å². The Labute approximate surface area is 138 Å². The van der Waals surface area contributed by atoms with Crippen molar-refractivity contribution in [3.8, 4) is 5.88 Å². The van der Waals surface area contributed by atoms with Gasteiger partial charge in [0.1, 0.15) is 5.02 Å². The van der Waals surface area contributed by atoms with Gasteiger partial charge in [0.2, 0.25) is 5.88 Å². The molecule has 1 aromatic heterocycles. The van der Waals surface area contributed by atoms with E-state index in [0.717, 1.165) is 6.42 Å². The molecule has 1 unspecified atom stereocenters. The summed E-state index contributed by atoms with van der Waals surface area (Å²) in [5.74, 6) is -0.214. The maximum Gasteiger partial charge on any atom is 0.422 e. The standard InChI is InChI=1S/C15H20ClF3N2O2/c1-9(2)5-10(3)21(4)14(22)11-6-12(16)13(20-7-11)23-8-15(17,18)19/h6-7,9-10H,5,8H2,1-4H3. The summed E-state index contributed by atoms with van der Waals surface area (Å²) in [6.07, 6.45) is -2.49. The second kappa shape index (κ2) is 7.86. The van der Waals surface area contributed by atoms with E-state index < -0.39 is 12.8 Å². The van der Waals surface area contributed by atoms with Gasteiger partial charge in [-0.15, -0.1) is 0 Å². The quantitative estimate of drug-likeness (QED) is 0.771. The number of ether oxygens (including phenoxy) is 1. The van der Waals surface area contributed by atoms with E-state index in [0.29, 0.717) is 5.92 Å². The monoisotopic (exact) mass is 352 g/mol. The van der Waals surface area contributed by atoms with Gasteiger partial charge in [0, 0.05) is 19.3 Å². The molecule has 0 saturated carbocycles. The van der Waals surface area contributed by atoms with Crippen molar-refractivity contribution in [3.05, 3.63) is 22.8 Å². The Hall–Kier alpha value is -1.50. The largest absolute Gasteiger partial charge is 0.467 e. The molecular weight excluding hydrogens is 333 g/mol. The Bertz CT molecular complexity index is 550. The van der Waals surface area contributed by atoms with Crippen LogP contribution in [0.1, 0.15) is 37.6 Å². The first-order valence-electron chi connectivity index (χ1n) is 7.13. The van der Waals surface area contributed by atoms with Gasteiger partial charge in [0.05, 0.1) is 5.56 Å². The zero-order chi connectivity index (χ0) is 17.8. The van der Waals surface area contributed by atoms with Crippen LogP contribution in [0, 0.1) is 5.92 Å². The predicted molar refractivity (Wildman–Crippen MR) is 81.8 cm³/mol. The Kier molecular flexibility index (Phi) is 6.68. The number of carbonyl (C=O) groups excluding carboxylic acids is 1. The van der Waals surface area contributed by atoms with Gasteiger partial charge >= 0.3 is 6.18 Å². The fraction of sp³-hybridized carbons (Fsp3) is 0.600. The predicted octanol–water partition coefficient (Wildman–Crippen LogP) is 4.18. The molecule has 1 heterocycles. The normalized spacial score (nSPS) is 13.1. The van der Waals surface area contributed by atoms with Gasteiger partial charge in [-0.1, -0.05) is 25.4 Å². The second-order valence-corrected chi connectivity index (χ2v) is 6.22. The molecule has 0 radical (unpaired) electrons. The zero-order valence-corrected chi connectivity index (χ0v) is 14.2.